The van der Waals surface area contributed by atoms with E-state index in [1.165, 1.54) is 36.9 Å². The minimum Gasteiger partial charge on any atom is -0.352 e. The van der Waals surface area contributed by atoms with Crippen LogP contribution in [0.2, 0.25) is 0 Å². The quantitative estimate of drug-likeness (QED) is 0.885. The summed E-state index contributed by atoms with van der Waals surface area (Å²) in [6.07, 6.45) is 11.5. The summed E-state index contributed by atoms with van der Waals surface area (Å²) in [5.74, 6) is 0.113. The lowest BCUT2D eigenvalue weighted by atomic mass is 9.99. The van der Waals surface area contributed by atoms with Crippen molar-refractivity contribution in [1.29, 1.82) is 0 Å². The van der Waals surface area contributed by atoms with E-state index < -0.39 is 0 Å². The molecule has 3 rings (SSSR count). The van der Waals surface area contributed by atoms with Crippen LogP contribution >= 0.6 is 0 Å². The summed E-state index contributed by atoms with van der Waals surface area (Å²) >= 11 is 0. The van der Waals surface area contributed by atoms with Gasteiger partial charge in [0.25, 0.3) is 0 Å². The molecular formula is C14H21N3O. The highest BCUT2D eigenvalue weighted by Gasteiger charge is 2.18. The van der Waals surface area contributed by atoms with Crippen molar-refractivity contribution in [3.05, 3.63) is 17.5 Å². The zero-order chi connectivity index (χ0) is 12.4. The zero-order valence-electron chi connectivity index (χ0n) is 10.8. The lowest BCUT2D eigenvalue weighted by Gasteiger charge is -2.11. The van der Waals surface area contributed by atoms with Gasteiger partial charge in [0.1, 0.15) is 6.54 Å². The number of carbonyl (C=O) groups is 1. The molecule has 1 aromatic heterocycles. The number of hydrogen-bond acceptors (Lipinski definition) is 2. The topological polar surface area (TPSA) is 46.9 Å². The summed E-state index contributed by atoms with van der Waals surface area (Å²) in [6.45, 7) is 0.378. The summed E-state index contributed by atoms with van der Waals surface area (Å²) < 4.78 is 1.82. The first kappa shape index (κ1) is 11.8. The highest BCUT2D eigenvalue weighted by Crippen LogP contribution is 2.20. The maximum atomic E-state index is 11.9. The minimum absolute atomic E-state index is 0.113. The Morgan fingerprint density at radius 2 is 2.06 bits per heavy atom. The Kier molecular flexibility index (Phi) is 3.35. The van der Waals surface area contributed by atoms with E-state index >= 15 is 0 Å². The first-order valence-electron chi connectivity index (χ1n) is 7.16. The second-order valence-electron chi connectivity index (χ2n) is 5.55. The van der Waals surface area contributed by atoms with Crippen LogP contribution in [0, 0.1) is 0 Å². The van der Waals surface area contributed by atoms with Crippen LogP contribution in [0.1, 0.15) is 49.8 Å². The summed E-state index contributed by atoms with van der Waals surface area (Å²) in [5.41, 5.74) is 2.55. The Balaban J connectivity index is 1.58. The number of fused-ring (bicyclic) bond motifs is 1. The monoisotopic (exact) mass is 247 g/mol. The number of aryl methyl sites for hydroxylation is 2. The van der Waals surface area contributed by atoms with Crippen LogP contribution in [0.5, 0.6) is 0 Å². The Morgan fingerprint density at radius 1 is 1.28 bits per heavy atom. The summed E-state index contributed by atoms with van der Waals surface area (Å²) in [7, 11) is 0. The fourth-order valence-electron chi connectivity index (χ4n) is 3.10. The van der Waals surface area contributed by atoms with Crippen molar-refractivity contribution < 1.29 is 4.79 Å². The molecular weight excluding hydrogens is 226 g/mol. The van der Waals surface area contributed by atoms with Gasteiger partial charge < -0.3 is 5.32 Å². The van der Waals surface area contributed by atoms with Crippen LogP contribution in [0.4, 0.5) is 0 Å². The Bertz CT molecular complexity index is 409. The molecule has 0 aliphatic heterocycles. The molecule has 1 fully saturated rings. The number of aromatic nitrogens is 2. The lowest BCUT2D eigenvalue weighted by molar-refractivity contribution is -0.122. The van der Waals surface area contributed by atoms with E-state index in [1.807, 2.05) is 4.68 Å². The summed E-state index contributed by atoms with van der Waals surface area (Å²) in [5, 5.41) is 7.63. The van der Waals surface area contributed by atoms with Gasteiger partial charge >= 0.3 is 0 Å². The van der Waals surface area contributed by atoms with Crippen LogP contribution in [0.15, 0.2) is 6.20 Å². The molecule has 98 valence electrons. The maximum Gasteiger partial charge on any atom is 0.241 e. The van der Waals surface area contributed by atoms with E-state index in [4.69, 9.17) is 0 Å². The minimum atomic E-state index is 0.113. The predicted molar refractivity (Wildman–Crippen MR) is 69.3 cm³/mol. The van der Waals surface area contributed by atoms with Gasteiger partial charge in [-0.05, 0) is 44.1 Å². The van der Waals surface area contributed by atoms with Gasteiger partial charge in [-0.15, -0.1) is 0 Å². The van der Waals surface area contributed by atoms with Gasteiger partial charge in [-0.25, -0.2) is 0 Å². The third-order valence-corrected chi connectivity index (χ3v) is 4.06. The highest BCUT2D eigenvalue weighted by atomic mass is 16.2. The molecule has 4 nitrogen and oxygen atoms in total. The largest absolute Gasteiger partial charge is 0.352 e. The SMILES string of the molecule is O=C(Cn1cc2c(n1)CCCC2)NC1CCCC1. The molecule has 1 N–H and O–H groups in total. The Labute approximate surface area is 108 Å². The first-order chi connectivity index (χ1) is 8.81. The number of nitrogens with one attached hydrogen (secondary N) is 1. The van der Waals surface area contributed by atoms with E-state index in [2.05, 4.69) is 16.6 Å². The van der Waals surface area contributed by atoms with Crippen LogP contribution < -0.4 is 5.32 Å². The highest BCUT2D eigenvalue weighted by molar-refractivity contribution is 5.76. The van der Waals surface area contributed by atoms with Gasteiger partial charge in [0, 0.05) is 12.2 Å². The van der Waals surface area contributed by atoms with Gasteiger partial charge in [0.05, 0.1) is 5.69 Å². The van der Waals surface area contributed by atoms with Crippen molar-refractivity contribution >= 4 is 5.91 Å². The average Bonchev–Trinajstić information content (AvgIpc) is 2.96. The molecule has 1 saturated carbocycles. The molecule has 0 radical (unpaired) electrons. The van der Waals surface area contributed by atoms with Crippen molar-refractivity contribution in [2.75, 3.05) is 0 Å². The molecule has 2 aliphatic carbocycles. The second kappa shape index (κ2) is 5.12. The average molecular weight is 247 g/mol. The van der Waals surface area contributed by atoms with Crippen LogP contribution in [-0.2, 0) is 24.2 Å². The van der Waals surface area contributed by atoms with Crippen molar-refractivity contribution in [2.45, 2.75) is 64.0 Å². The van der Waals surface area contributed by atoms with Crippen molar-refractivity contribution in [3.8, 4) is 0 Å². The fourth-order valence-corrected chi connectivity index (χ4v) is 3.10. The molecule has 0 saturated heterocycles. The molecule has 18 heavy (non-hydrogen) atoms. The molecule has 2 aliphatic rings. The molecule has 1 aromatic rings. The normalized spacial score (nSPS) is 19.8. The number of amides is 1. The van der Waals surface area contributed by atoms with Gasteiger partial charge in [0.15, 0.2) is 0 Å². The number of hydrogen-bond donors (Lipinski definition) is 1. The van der Waals surface area contributed by atoms with E-state index in [9.17, 15) is 4.79 Å². The molecule has 0 bridgehead atoms. The molecule has 0 atom stereocenters. The number of nitrogens with zero attached hydrogens (tertiary/aromatic N) is 2. The molecule has 1 amide bonds. The van der Waals surface area contributed by atoms with Crippen molar-refractivity contribution in [3.63, 3.8) is 0 Å². The smallest absolute Gasteiger partial charge is 0.241 e. The summed E-state index contributed by atoms with van der Waals surface area (Å²) in [4.78, 5) is 11.9. The number of carbonyl (C=O) groups excluding carboxylic acids is 1. The third-order valence-electron chi connectivity index (χ3n) is 4.06. The van der Waals surface area contributed by atoms with Gasteiger partial charge in [-0.2, -0.15) is 5.10 Å². The predicted octanol–water partition coefficient (Wildman–Crippen LogP) is 1.82. The third kappa shape index (κ3) is 2.57. The molecule has 1 heterocycles. The zero-order valence-corrected chi connectivity index (χ0v) is 10.8. The van der Waals surface area contributed by atoms with E-state index in [1.54, 1.807) is 0 Å². The Morgan fingerprint density at radius 3 is 2.83 bits per heavy atom. The van der Waals surface area contributed by atoms with E-state index in [0.29, 0.717) is 12.6 Å². The maximum absolute atomic E-state index is 11.9. The molecule has 0 unspecified atom stereocenters. The molecule has 0 aromatic carbocycles. The first-order valence-corrected chi connectivity index (χ1v) is 7.16. The fraction of sp³-hybridized carbons (Fsp3) is 0.714. The van der Waals surface area contributed by atoms with Crippen LogP contribution in [0.3, 0.4) is 0 Å². The summed E-state index contributed by atoms with van der Waals surface area (Å²) in [6, 6.07) is 0.405. The molecule has 0 spiro atoms. The lowest BCUT2D eigenvalue weighted by Crippen LogP contribution is -2.35. The van der Waals surface area contributed by atoms with Gasteiger partial charge in [-0.3, -0.25) is 9.48 Å². The van der Waals surface area contributed by atoms with E-state index in [-0.39, 0.29) is 5.91 Å². The Hall–Kier alpha value is -1.32. The van der Waals surface area contributed by atoms with Crippen LogP contribution in [-0.4, -0.2) is 21.7 Å². The van der Waals surface area contributed by atoms with Gasteiger partial charge in [-0.1, -0.05) is 12.8 Å². The van der Waals surface area contributed by atoms with Crippen molar-refractivity contribution in [1.82, 2.24) is 15.1 Å². The van der Waals surface area contributed by atoms with Crippen LogP contribution in [0.25, 0.3) is 0 Å². The standard InChI is InChI=1S/C14H21N3O/c18-14(15-12-6-2-3-7-12)10-17-9-11-5-1-4-8-13(11)16-17/h9,12H,1-8,10H2,(H,15,18). The van der Waals surface area contributed by atoms with E-state index in [0.717, 1.165) is 25.7 Å². The second-order valence-corrected chi connectivity index (χ2v) is 5.55. The van der Waals surface area contributed by atoms with Crippen molar-refractivity contribution in [2.24, 2.45) is 0 Å². The molecule has 4 heteroatoms. The number of rotatable bonds is 3. The van der Waals surface area contributed by atoms with Gasteiger partial charge in [0.2, 0.25) is 5.91 Å².